The van der Waals surface area contributed by atoms with Crippen LogP contribution in [0.15, 0.2) is 34.9 Å². The molecule has 0 aliphatic carbocycles. The number of piperidine rings is 1. The molecule has 1 unspecified atom stereocenters. The largest absolute Gasteiger partial charge is 0.338 e. The van der Waals surface area contributed by atoms with Gasteiger partial charge in [-0.1, -0.05) is 41.9 Å². The number of hydrogen-bond acceptors (Lipinski definition) is 3. The molecule has 5 nitrogen and oxygen atoms in total. The van der Waals surface area contributed by atoms with E-state index in [1.54, 1.807) is 6.07 Å². The van der Waals surface area contributed by atoms with Gasteiger partial charge in [-0.3, -0.25) is 10.1 Å². The maximum absolute atomic E-state index is 12.2. The first-order chi connectivity index (χ1) is 11.1. The number of rotatable bonds is 4. The number of nitrogens with zero attached hydrogens (tertiary/aromatic N) is 1. The number of benzene rings is 1. The van der Waals surface area contributed by atoms with Crippen molar-refractivity contribution in [2.75, 3.05) is 25.0 Å². The zero-order chi connectivity index (χ0) is 16.2. The lowest BCUT2D eigenvalue weighted by atomic mass is 10.0. The van der Waals surface area contributed by atoms with E-state index in [0.29, 0.717) is 18.3 Å². The molecule has 1 saturated heterocycles. The van der Waals surface area contributed by atoms with Crippen LogP contribution >= 0.6 is 0 Å². The van der Waals surface area contributed by atoms with Gasteiger partial charge in [-0.15, -0.1) is 0 Å². The molecule has 2 aromatic rings. The second-order valence-corrected chi connectivity index (χ2v) is 6.62. The Labute approximate surface area is 136 Å². The van der Waals surface area contributed by atoms with Crippen molar-refractivity contribution in [2.45, 2.75) is 26.7 Å². The first kappa shape index (κ1) is 15.7. The fourth-order valence-corrected chi connectivity index (χ4v) is 3.16. The number of hydrogen-bond donors (Lipinski definition) is 2. The molecule has 2 heterocycles. The molecule has 1 fully saturated rings. The van der Waals surface area contributed by atoms with Crippen molar-refractivity contribution in [3.05, 3.63) is 35.9 Å². The molecule has 122 valence electrons. The zero-order valence-corrected chi connectivity index (χ0v) is 13.8. The third-order valence-corrected chi connectivity index (χ3v) is 4.40. The molecule has 0 spiro atoms. The van der Waals surface area contributed by atoms with Gasteiger partial charge in [-0.05, 0) is 19.8 Å². The third-order valence-electron chi connectivity index (χ3n) is 4.40. The maximum Gasteiger partial charge on any atom is 0.281 e. The van der Waals surface area contributed by atoms with Crippen LogP contribution in [0.3, 0.4) is 0 Å². The molecule has 1 aliphatic heterocycles. The Morgan fingerprint density at radius 2 is 2.17 bits per heavy atom. The van der Waals surface area contributed by atoms with Crippen molar-refractivity contribution in [2.24, 2.45) is 5.92 Å². The van der Waals surface area contributed by atoms with Gasteiger partial charge in [0.2, 0.25) is 5.88 Å². The summed E-state index contributed by atoms with van der Waals surface area (Å²) in [6, 6.07) is 9.83. The molecular formula is C18H24N3O2+. The zero-order valence-electron chi connectivity index (χ0n) is 13.8. The molecule has 2 atom stereocenters. The van der Waals surface area contributed by atoms with Gasteiger partial charge in [0.15, 0.2) is 6.54 Å². The molecule has 0 bridgehead atoms. The van der Waals surface area contributed by atoms with E-state index in [1.165, 1.54) is 23.3 Å². The van der Waals surface area contributed by atoms with Gasteiger partial charge in [-0.25, -0.2) is 0 Å². The number of quaternary nitrogens is 1. The van der Waals surface area contributed by atoms with Crippen molar-refractivity contribution in [1.82, 2.24) is 5.16 Å². The Bertz CT molecular complexity index is 663. The summed E-state index contributed by atoms with van der Waals surface area (Å²) < 4.78 is 5.24. The Morgan fingerprint density at radius 3 is 2.91 bits per heavy atom. The van der Waals surface area contributed by atoms with Gasteiger partial charge in [0.1, 0.15) is 5.69 Å². The summed E-state index contributed by atoms with van der Waals surface area (Å²) in [5, 5.41) is 6.85. The van der Waals surface area contributed by atoms with E-state index in [9.17, 15) is 4.79 Å². The van der Waals surface area contributed by atoms with E-state index in [2.05, 4.69) is 17.4 Å². The van der Waals surface area contributed by atoms with Crippen molar-refractivity contribution < 1.29 is 14.2 Å². The van der Waals surface area contributed by atoms with Gasteiger partial charge in [0, 0.05) is 17.5 Å². The van der Waals surface area contributed by atoms with E-state index in [4.69, 9.17) is 4.52 Å². The van der Waals surface area contributed by atoms with Gasteiger partial charge >= 0.3 is 0 Å². The van der Waals surface area contributed by atoms with Crippen LogP contribution in [-0.4, -0.2) is 30.7 Å². The molecule has 1 aliphatic rings. The molecular weight excluding hydrogens is 290 g/mol. The lowest BCUT2D eigenvalue weighted by Gasteiger charge is -2.27. The summed E-state index contributed by atoms with van der Waals surface area (Å²) in [6.07, 6.45) is 2.47. The number of carbonyl (C=O) groups is 1. The van der Waals surface area contributed by atoms with E-state index < -0.39 is 0 Å². The number of aromatic nitrogens is 1. The standard InChI is InChI=1S/C18H23N3O2/c1-13-5-7-15(8-6-13)16-10-18(23-20-16)19-17(22)12-21-9-3-4-14(2)11-21/h5-8,10,14H,3-4,9,11-12H2,1-2H3,(H,19,22)/p+1/t14-/m0/s1. The highest BCUT2D eigenvalue weighted by atomic mass is 16.5. The van der Waals surface area contributed by atoms with Crippen molar-refractivity contribution in [3.63, 3.8) is 0 Å². The predicted molar refractivity (Wildman–Crippen MR) is 89.3 cm³/mol. The Kier molecular flexibility index (Phi) is 4.76. The predicted octanol–water partition coefficient (Wildman–Crippen LogP) is 1.90. The van der Waals surface area contributed by atoms with Crippen LogP contribution in [0.25, 0.3) is 11.3 Å². The summed E-state index contributed by atoms with van der Waals surface area (Å²) in [5.41, 5.74) is 2.92. The van der Waals surface area contributed by atoms with Crippen molar-refractivity contribution in [3.8, 4) is 11.3 Å². The first-order valence-electron chi connectivity index (χ1n) is 8.27. The fraction of sp³-hybridized carbons (Fsp3) is 0.444. The van der Waals surface area contributed by atoms with Crippen LogP contribution in [0.2, 0.25) is 0 Å². The number of aryl methyl sites for hydroxylation is 1. The average Bonchev–Trinajstić information content (AvgIpc) is 2.96. The van der Waals surface area contributed by atoms with Crippen LogP contribution in [0.4, 0.5) is 5.88 Å². The van der Waals surface area contributed by atoms with E-state index in [0.717, 1.165) is 24.3 Å². The van der Waals surface area contributed by atoms with E-state index in [1.807, 2.05) is 31.2 Å². The molecule has 1 aromatic heterocycles. The average molecular weight is 314 g/mol. The molecule has 1 aromatic carbocycles. The number of nitrogens with one attached hydrogen (secondary N) is 2. The molecule has 5 heteroatoms. The van der Waals surface area contributed by atoms with Crippen LogP contribution in [0, 0.1) is 12.8 Å². The third kappa shape index (κ3) is 4.20. The highest BCUT2D eigenvalue weighted by Crippen LogP contribution is 2.21. The van der Waals surface area contributed by atoms with Crippen molar-refractivity contribution in [1.29, 1.82) is 0 Å². The minimum atomic E-state index is -0.0132. The number of carbonyl (C=O) groups excluding carboxylic acids is 1. The Hall–Kier alpha value is -2.14. The quantitative estimate of drug-likeness (QED) is 0.906. The summed E-state index contributed by atoms with van der Waals surface area (Å²) in [5.74, 6) is 1.10. The summed E-state index contributed by atoms with van der Waals surface area (Å²) in [4.78, 5) is 13.5. The second kappa shape index (κ2) is 6.96. The lowest BCUT2D eigenvalue weighted by Crippen LogP contribution is -3.14. The van der Waals surface area contributed by atoms with Gasteiger partial charge < -0.3 is 9.42 Å². The van der Waals surface area contributed by atoms with E-state index >= 15 is 0 Å². The monoisotopic (exact) mass is 314 g/mol. The highest BCUT2D eigenvalue weighted by Gasteiger charge is 2.22. The smallest absolute Gasteiger partial charge is 0.281 e. The maximum atomic E-state index is 12.2. The highest BCUT2D eigenvalue weighted by molar-refractivity contribution is 5.90. The van der Waals surface area contributed by atoms with Crippen LogP contribution in [0.1, 0.15) is 25.3 Å². The minimum Gasteiger partial charge on any atom is -0.338 e. The van der Waals surface area contributed by atoms with Crippen LogP contribution < -0.4 is 10.2 Å². The molecule has 0 radical (unpaired) electrons. The number of likely N-dealkylation sites (tertiary alicyclic amines) is 1. The van der Waals surface area contributed by atoms with Crippen LogP contribution in [0.5, 0.6) is 0 Å². The molecule has 23 heavy (non-hydrogen) atoms. The Balaban J connectivity index is 1.58. The number of amides is 1. The molecule has 3 rings (SSSR count). The summed E-state index contributed by atoms with van der Waals surface area (Å²) in [7, 11) is 0. The van der Waals surface area contributed by atoms with Crippen LogP contribution in [-0.2, 0) is 4.79 Å². The van der Waals surface area contributed by atoms with Gasteiger partial charge in [0.05, 0.1) is 13.1 Å². The minimum absolute atomic E-state index is 0.0132. The molecule has 2 N–H and O–H groups in total. The number of anilines is 1. The summed E-state index contributed by atoms with van der Waals surface area (Å²) in [6.45, 7) is 6.93. The van der Waals surface area contributed by atoms with E-state index in [-0.39, 0.29) is 5.91 Å². The van der Waals surface area contributed by atoms with Gasteiger partial charge in [-0.2, -0.15) is 0 Å². The van der Waals surface area contributed by atoms with Gasteiger partial charge in [0.25, 0.3) is 5.91 Å². The molecule has 0 saturated carbocycles. The van der Waals surface area contributed by atoms with Crippen molar-refractivity contribution >= 4 is 11.8 Å². The SMILES string of the molecule is Cc1ccc(-c2cc(NC(=O)C[NH+]3CCC[C@H](C)C3)on2)cc1. The summed E-state index contributed by atoms with van der Waals surface area (Å²) >= 11 is 0. The second-order valence-electron chi connectivity index (χ2n) is 6.62. The lowest BCUT2D eigenvalue weighted by molar-refractivity contribution is -0.900. The Morgan fingerprint density at radius 1 is 1.39 bits per heavy atom. The topological polar surface area (TPSA) is 59.6 Å². The molecule has 1 amide bonds. The fourth-order valence-electron chi connectivity index (χ4n) is 3.16. The normalized spacial score (nSPS) is 21.1. The first-order valence-corrected chi connectivity index (χ1v) is 8.27.